The highest BCUT2D eigenvalue weighted by Gasteiger charge is 2.37. The molecule has 0 spiro atoms. The van der Waals surface area contributed by atoms with Crippen LogP contribution in [0.5, 0.6) is 0 Å². The number of amides is 4. The van der Waals surface area contributed by atoms with E-state index in [0.29, 0.717) is 29.9 Å². The zero-order valence-corrected chi connectivity index (χ0v) is 18.4. The highest BCUT2D eigenvalue weighted by atomic mass is 16.2. The summed E-state index contributed by atoms with van der Waals surface area (Å²) in [6.45, 7) is 10.6. The fraction of sp³-hybridized carbons (Fsp3) is 0.375. The molecule has 2 aromatic carbocycles. The van der Waals surface area contributed by atoms with Gasteiger partial charge in [-0.2, -0.15) is 0 Å². The van der Waals surface area contributed by atoms with E-state index in [0.717, 1.165) is 13.1 Å². The number of anilines is 2. The third kappa shape index (κ3) is 3.76. The largest absolute Gasteiger partial charge is 0.368 e. The van der Waals surface area contributed by atoms with Gasteiger partial charge in [0.05, 0.1) is 11.1 Å². The Morgan fingerprint density at radius 2 is 1.61 bits per heavy atom. The van der Waals surface area contributed by atoms with E-state index in [1.807, 2.05) is 13.8 Å². The Bertz CT molecular complexity index is 1050. The van der Waals surface area contributed by atoms with Crippen molar-refractivity contribution in [2.45, 2.75) is 33.7 Å². The monoisotopic (exact) mass is 420 g/mol. The molecule has 0 atom stereocenters. The van der Waals surface area contributed by atoms with Crippen LogP contribution in [0.3, 0.4) is 0 Å². The normalized spacial score (nSPS) is 16.2. The molecule has 31 heavy (non-hydrogen) atoms. The zero-order chi connectivity index (χ0) is 22.3. The number of nitrogens with one attached hydrogen (secondary N) is 1. The third-order valence-electron chi connectivity index (χ3n) is 6.17. The number of carbonyl (C=O) groups is 3. The van der Waals surface area contributed by atoms with Crippen LogP contribution in [0.1, 0.15) is 45.7 Å². The van der Waals surface area contributed by atoms with Crippen molar-refractivity contribution in [1.29, 1.82) is 0 Å². The van der Waals surface area contributed by atoms with Crippen LogP contribution >= 0.6 is 0 Å². The van der Waals surface area contributed by atoms with Crippen LogP contribution in [0.15, 0.2) is 36.4 Å². The van der Waals surface area contributed by atoms with Gasteiger partial charge in [0, 0.05) is 43.6 Å². The first-order chi connectivity index (χ1) is 14.8. The maximum atomic E-state index is 12.8. The maximum absolute atomic E-state index is 12.8. The molecule has 1 fully saturated rings. The molecule has 162 valence electrons. The van der Waals surface area contributed by atoms with Gasteiger partial charge in [0.25, 0.3) is 11.8 Å². The van der Waals surface area contributed by atoms with E-state index in [1.165, 1.54) is 21.7 Å². The van der Waals surface area contributed by atoms with Gasteiger partial charge < -0.3 is 15.1 Å². The Labute approximate surface area is 182 Å². The van der Waals surface area contributed by atoms with Crippen molar-refractivity contribution in [1.82, 2.24) is 9.80 Å². The van der Waals surface area contributed by atoms with Crippen LogP contribution in [0, 0.1) is 13.8 Å². The van der Waals surface area contributed by atoms with Crippen molar-refractivity contribution in [2.75, 3.05) is 36.4 Å². The Balaban J connectivity index is 1.41. The summed E-state index contributed by atoms with van der Waals surface area (Å²) in [7, 11) is 0. The molecule has 0 aromatic heterocycles. The fourth-order valence-corrected chi connectivity index (χ4v) is 4.24. The quantitative estimate of drug-likeness (QED) is 0.769. The number of piperazine rings is 1. The minimum Gasteiger partial charge on any atom is -0.368 e. The number of imide groups is 1. The predicted octanol–water partition coefficient (Wildman–Crippen LogP) is 3.66. The summed E-state index contributed by atoms with van der Waals surface area (Å²) in [6, 6.07) is 10.8. The molecule has 0 radical (unpaired) electrons. The van der Waals surface area contributed by atoms with Gasteiger partial charge in [-0.05, 0) is 63.1 Å². The summed E-state index contributed by atoms with van der Waals surface area (Å²) in [4.78, 5) is 43.1. The van der Waals surface area contributed by atoms with Gasteiger partial charge in [0.15, 0.2) is 0 Å². The summed E-state index contributed by atoms with van der Waals surface area (Å²) in [5, 5.41) is 2.88. The van der Waals surface area contributed by atoms with Gasteiger partial charge in [0.1, 0.15) is 0 Å². The molecule has 4 rings (SSSR count). The number of urea groups is 1. The lowest BCUT2D eigenvalue weighted by Gasteiger charge is -2.37. The molecule has 0 bridgehead atoms. The molecule has 1 saturated heterocycles. The minimum absolute atomic E-state index is 0.196. The molecule has 7 heteroatoms. The van der Waals surface area contributed by atoms with Crippen LogP contribution in [0.2, 0.25) is 0 Å². The van der Waals surface area contributed by atoms with Crippen molar-refractivity contribution < 1.29 is 14.4 Å². The number of hydrogen-bond donors (Lipinski definition) is 1. The molecule has 2 aliphatic heterocycles. The summed E-state index contributed by atoms with van der Waals surface area (Å²) in [6.07, 6.45) is 0. The van der Waals surface area contributed by atoms with Crippen molar-refractivity contribution in [3.63, 3.8) is 0 Å². The van der Waals surface area contributed by atoms with Gasteiger partial charge >= 0.3 is 6.03 Å². The molecular weight excluding hydrogens is 392 g/mol. The fourth-order valence-electron chi connectivity index (χ4n) is 4.24. The first-order valence-corrected chi connectivity index (χ1v) is 10.7. The van der Waals surface area contributed by atoms with Crippen molar-refractivity contribution in [2.24, 2.45) is 0 Å². The molecule has 4 amide bonds. The topological polar surface area (TPSA) is 73.0 Å². The van der Waals surface area contributed by atoms with Crippen LogP contribution in [-0.4, -0.2) is 59.9 Å². The standard InChI is InChI=1S/C24H28N4O3/c1-15(2)28-22(29)19-9-8-18(14-20(19)23(28)30)25-24(31)27-12-10-26(11-13-27)21-7-5-6-16(3)17(21)4/h5-9,14-15H,10-13H2,1-4H3,(H,25,31). The Hall–Kier alpha value is -3.35. The third-order valence-corrected chi connectivity index (χ3v) is 6.17. The smallest absolute Gasteiger partial charge is 0.321 e. The first-order valence-electron chi connectivity index (χ1n) is 10.7. The second-order valence-electron chi connectivity index (χ2n) is 8.46. The van der Waals surface area contributed by atoms with E-state index in [9.17, 15) is 14.4 Å². The van der Waals surface area contributed by atoms with E-state index in [4.69, 9.17) is 0 Å². The summed E-state index contributed by atoms with van der Waals surface area (Å²) in [5.41, 5.74) is 5.01. The van der Waals surface area contributed by atoms with E-state index in [-0.39, 0.29) is 23.9 Å². The molecule has 2 aromatic rings. The van der Waals surface area contributed by atoms with Crippen molar-refractivity contribution >= 4 is 29.2 Å². The highest BCUT2D eigenvalue weighted by molar-refractivity contribution is 6.22. The van der Waals surface area contributed by atoms with Gasteiger partial charge in [-0.15, -0.1) is 0 Å². The lowest BCUT2D eigenvalue weighted by molar-refractivity contribution is 0.0609. The van der Waals surface area contributed by atoms with Gasteiger partial charge in [-0.3, -0.25) is 14.5 Å². The average molecular weight is 421 g/mol. The molecule has 0 aliphatic carbocycles. The first kappa shape index (κ1) is 20.9. The van der Waals surface area contributed by atoms with Crippen molar-refractivity contribution in [3.8, 4) is 0 Å². The molecule has 0 saturated carbocycles. The zero-order valence-electron chi connectivity index (χ0n) is 18.4. The second-order valence-corrected chi connectivity index (χ2v) is 8.46. The van der Waals surface area contributed by atoms with Crippen LogP contribution in [-0.2, 0) is 0 Å². The number of hydrogen-bond acceptors (Lipinski definition) is 4. The molecule has 2 heterocycles. The molecular formula is C24H28N4O3. The number of benzene rings is 2. The van der Waals surface area contributed by atoms with Gasteiger partial charge in [-0.25, -0.2) is 4.79 Å². The van der Waals surface area contributed by atoms with Crippen LogP contribution in [0.4, 0.5) is 16.2 Å². The van der Waals surface area contributed by atoms with Crippen LogP contribution in [0.25, 0.3) is 0 Å². The van der Waals surface area contributed by atoms with Gasteiger partial charge in [-0.1, -0.05) is 12.1 Å². The van der Waals surface area contributed by atoms with E-state index in [2.05, 4.69) is 42.3 Å². The van der Waals surface area contributed by atoms with Crippen molar-refractivity contribution in [3.05, 3.63) is 58.7 Å². The molecule has 7 nitrogen and oxygen atoms in total. The lowest BCUT2D eigenvalue weighted by Crippen LogP contribution is -2.50. The average Bonchev–Trinajstić information content (AvgIpc) is 3.00. The number of aryl methyl sites for hydroxylation is 1. The Morgan fingerprint density at radius 3 is 2.29 bits per heavy atom. The van der Waals surface area contributed by atoms with E-state index in [1.54, 1.807) is 23.1 Å². The number of carbonyl (C=O) groups excluding carboxylic acids is 3. The van der Waals surface area contributed by atoms with E-state index < -0.39 is 0 Å². The van der Waals surface area contributed by atoms with E-state index >= 15 is 0 Å². The highest BCUT2D eigenvalue weighted by Crippen LogP contribution is 2.28. The Kier molecular flexibility index (Phi) is 5.43. The molecule has 1 N–H and O–H groups in total. The molecule has 2 aliphatic rings. The Morgan fingerprint density at radius 1 is 0.935 bits per heavy atom. The summed E-state index contributed by atoms with van der Waals surface area (Å²) >= 11 is 0. The maximum Gasteiger partial charge on any atom is 0.321 e. The SMILES string of the molecule is Cc1cccc(N2CCN(C(=O)Nc3ccc4c(c3)C(=O)N(C(C)C)C4=O)CC2)c1C. The van der Waals surface area contributed by atoms with Gasteiger partial charge in [0.2, 0.25) is 0 Å². The number of rotatable bonds is 3. The summed E-state index contributed by atoms with van der Waals surface area (Å²) < 4.78 is 0. The lowest BCUT2D eigenvalue weighted by atomic mass is 10.1. The molecule has 0 unspecified atom stereocenters. The minimum atomic E-state index is -0.312. The predicted molar refractivity (Wildman–Crippen MR) is 121 cm³/mol. The summed E-state index contributed by atoms with van der Waals surface area (Å²) in [5.74, 6) is -0.594. The second kappa shape index (κ2) is 8.06. The number of nitrogens with zero attached hydrogens (tertiary/aromatic N) is 3. The number of fused-ring (bicyclic) bond motifs is 1. The van der Waals surface area contributed by atoms with Crippen LogP contribution < -0.4 is 10.2 Å².